The van der Waals surface area contributed by atoms with Crippen molar-refractivity contribution in [3.63, 3.8) is 0 Å². The fourth-order valence-electron chi connectivity index (χ4n) is 7.46. The molecule has 0 saturated heterocycles. The van der Waals surface area contributed by atoms with Crippen LogP contribution in [0.15, 0.2) is 97.1 Å². The monoisotopic (exact) mass is 632 g/mol. The van der Waals surface area contributed by atoms with Crippen molar-refractivity contribution in [1.82, 2.24) is 0 Å². The predicted octanol–water partition coefficient (Wildman–Crippen LogP) is 14.5. The molecule has 1 heteroatoms. The highest BCUT2D eigenvalue weighted by atomic mass is 32.1. The van der Waals surface area contributed by atoms with Crippen LogP contribution in [0.5, 0.6) is 0 Å². The summed E-state index contributed by atoms with van der Waals surface area (Å²) in [7, 11) is 0. The van der Waals surface area contributed by atoms with Gasteiger partial charge < -0.3 is 0 Å². The Bertz CT molecular complexity index is 2280. The Labute approximate surface area is 285 Å². The second-order valence-electron chi connectivity index (χ2n) is 16.3. The number of fused-ring (bicyclic) bond motifs is 5. The van der Waals surface area contributed by atoms with Crippen molar-refractivity contribution >= 4 is 53.1 Å². The molecular weight excluding hydrogens is 585 g/mol. The Morgan fingerprint density at radius 1 is 0.404 bits per heavy atom. The summed E-state index contributed by atoms with van der Waals surface area (Å²) in [5.41, 5.74) is 11.1. The maximum atomic E-state index is 2.49. The van der Waals surface area contributed by atoms with E-state index in [1.807, 2.05) is 11.3 Å². The molecule has 0 N–H and O–H groups in total. The topological polar surface area (TPSA) is 0 Å². The second-order valence-corrected chi connectivity index (χ2v) is 17.3. The van der Waals surface area contributed by atoms with Gasteiger partial charge in [0.2, 0.25) is 0 Å². The van der Waals surface area contributed by atoms with Crippen LogP contribution in [0.1, 0.15) is 103 Å². The largest absolute Gasteiger partial charge is 0.135 e. The minimum absolute atomic E-state index is 0.0795. The number of hydrogen-bond donors (Lipinski definition) is 0. The van der Waals surface area contributed by atoms with Crippen molar-refractivity contribution < 1.29 is 0 Å². The Hall–Kier alpha value is -3.94. The minimum Gasteiger partial charge on any atom is -0.135 e. The van der Waals surface area contributed by atoms with Crippen molar-refractivity contribution in [3.05, 3.63) is 119 Å². The third kappa shape index (κ3) is 5.57. The summed E-state index contributed by atoms with van der Waals surface area (Å²) in [6, 6.07) is 37.6. The summed E-state index contributed by atoms with van der Waals surface area (Å²) < 4.78 is 2.71. The van der Waals surface area contributed by atoms with Gasteiger partial charge in [0.1, 0.15) is 0 Å². The van der Waals surface area contributed by atoms with E-state index in [0.29, 0.717) is 11.8 Å². The standard InChI is InChI=1S/C46H48S/c1-27(2)43-38-20-17-30(32-21-33(45(5,6)7)26-34(22-32)46(8,9)10)24-40(38)44(28(3)4)37-19-16-29(23-39(37)43)31-15-18-36-35-13-11-12-14-41(35)47-42(36)25-31/h11-28H,1-10H3. The van der Waals surface area contributed by atoms with Gasteiger partial charge in [-0.05, 0) is 113 Å². The van der Waals surface area contributed by atoms with Crippen LogP contribution in [-0.2, 0) is 10.8 Å². The highest BCUT2D eigenvalue weighted by Crippen LogP contribution is 2.44. The van der Waals surface area contributed by atoms with Gasteiger partial charge in [0.15, 0.2) is 0 Å². The van der Waals surface area contributed by atoms with Crippen molar-refractivity contribution in [1.29, 1.82) is 0 Å². The molecule has 0 aliphatic carbocycles. The van der Waals surface area contributed by atoms with Crippen LogP contribution in [0, 0.1) is 0 Å². The van der Waals surface area contributed by atoms with Crippen molar-refractivity contribution in [2.24, 2.45) is 0 Å². The average Bonchev–Trinajstić information content (AvgIpc) is 3.39. The fraction of sp³-hybridized carbons (Fsp3) is 0.304. The zero-order valence-corrected chi connectivity index (χ0v) is 30.6. The van der Waals surface area contributed by atoms with Gasteiger partial charge in [-0.3, -0.25) is 0 Å². The quantitative estimate of drug-likeness (QED) is 0.169. The Kier molecular flexibility index (Phi) is 7.64. The second kappa shape index (κ2) is 11.3. The lowest BCUT2D eigenvalue weighted by atomic mass is 9.78. The van der Waals surface area contributed by atoms with Crippen LogP contribution >= 0.6 is 11.3 Å². The maximum absolute atomic E-state index is 2.49. The van der Waals surface area contributed by atoms with Gasteiger partial charge in [0, 0.05) is 20.2 Å². The fourth-order valence-corrected chi connectivity index (χ4v) is 8.61. The summed E-state index contributed by atoms with van der Waals surface area (Å²) in [5, 5.41) is 8.27. The molecule has 238 valence electrons. The van der Waals surface area contributed by atoms with E-state index in [0.717, 1.165) is 0 Å². The van der Waals surface area contributed by atoms with Crippen molar-refractivity contribution in [3.8, 4) is 22.3 Å². The number of hydrogen-bond acceptors (Lipinski definition) is 1. The lowest BCUT2D eigenvalue weighted by Gasteiger charge is -2.27. The van der Waals surface area contributed by atoms with Crippen molar-refractivity contribution in [2.45, 2.75) is 91.9 Å². The van der Waals surface area contributed by atoms with E-state index in [1.165, 1.54) is 86.2 Å². The third-order valence-electron chi connectivity index (χ3n) is 10.1. The number of benzene rings is 6. The maximum Gasteiger partial charge on any atom is 0.0361 e. The molecule has 0 aliphatic rings. The summed E-state index contributed by atoms with van der Waals surface area (Å²) in [5.74, 6) is 0.785. The lowest BCUT2D eigenvalue weighted by molar-refractivity contribution is 0.569. The molecule has 0 spiro atoms. The van der Waals surface area contributed by atoms with Gasteiger partial charge in [-0.15, -0.1) is 11.3 Å². The smallest absolute Gasteiger partial charge is 0.0361 e. The predicted molar refractivity (Wildman–Crippen MR) is 211 cm³/mol. The molecule has 0 aliphatic heterocycles. The first kappa shape index (κ1) is 31.6. The molecular formula is C46H48S. The van der Waals surface area contributed by atoms with Crippen LogP contribution in [-0.4, -0.2) is 0 Å². The first-order chi connectivity index (χ1) is 22.2. The van der Waals surface area contributed by atoms with E-state index < -0.39 is 0 Å². The molecule has 6 aromatic carbocycles. The minimum atomic E-state index is 0.0795. The first-order valence-electron chi connectivity index (χ1n) is 17.3. The molecule has 0 fully saturated rings. The van der Waals surface area contributed by atoms with E-state index in [9.17, 15) is 0 Å². The first-order valence-corrected chi connectivity index (χ1v) is 18.1. The Balaban J connectivity index is 1.45. The van der Waals surface area contributed by atoms with E-state index in [1.54, 1.807) is 0 Å². The zero-order valence-electron chi connectivity index (χ0n) is 29.8. The molecule has 7 rings (SSSR count). The Morgan fingerprint density at radius 2 is 0.851 bits per heavy atom. The molecule has 0 radical (unpaired) electrons. The van der Waals surface area contributed by atoms with E-state index in [-0.39, 0.29) is 10.8 Å². The molecule has 47 heavy (non-hydrogen) atoms. The van der Waals surface area contributed by atoms with E-state index in [2.05, 4.69) is 166 Å². The highest BCUT2D eigenvalue weighted by molar-refractivity contribution is 7.25. The van der Waals surface area contributed by atoms with Gasteiger partial charge in [0.25, 0.3) is 0 Å². The van der Waals surface area contributed by atoms with Crippen LogP contribution in [0.4, 0.5) is 0 Å². The Morgan fingerprint density at radius 3 is 1.36 bits per heavy atom. The number of rotatable bonds is 4. The van der Waals surface area contributed by atoms with E-state index >= 15 is 0 Å². The molecule has 1 heterocycles. The molecule has 7 aromatic rings. The van der Waals surface area contributed by atoms with Crippen LogP contribution in [0.2, 0.25) is 0 Å². The summed E-state index contributed by atoms with van der Waals surface area (Å²) in [6.07, 6.45) is 0. The SMILES string of the molecule is CC(C)c1c2ccc(-c3ccc4c(c3)sc3ccccc34)cc2c(C(C)C)c2ccc(-c3cc(C(C)(C)C)cc(C(C)(C)C)c3)cc12. The zero-order chi connectivity index (χ0) is 33.4. The van der Waals surface area contributed by atoms with Crippen LogP contribution in [0.3, 0.4) is 0 Å². The van der Waals surface area contributed by atoms with Crippen LogP contribution < -0.4 is 0 Å². The van der Waals surface area contributed by atoms with Gasteiger partial charge in [-0.2, -0.15) is 0 Å². The van der Waals surface area contributed by atoms with Crippen molar-refractivity contribution in [2.75, 3.05) is 0 Å². The van der Waals surface area contributed by atoms with Gasteiger partial charge in [0.05, 0.1) is 0 Å². The molecule has 0 nitrogen and oxygen atoms in total. The molecule has 0 amide bonds. The normalized spacial score (nSPS) is 12.9. The van der Waals surface area contributed by atoms with Gasteiger partial charge in [-0.25, -0.2) is 0 Å². The number of thiophene rings is 1. The van der Waals surface area contributed by atoms with Gasteiger partial charge >= 0.3 is 0 Å². The molecule has 1 aromatic heterocycles. The third-order valence-corrected chi connectivity index (χ3v) is 11.2. The van der Waals surface area contributed by atoms with Gasteiger partial charge in [-0.1, -0.05) is 142 Å². The average molecular weight is 633 g/mol. The van der Waals surface area contributed by atoms with E-state index in [4.69, 9.17) is 0 Å². The molecule has 0 atom stereocenters. The summed E-state index contributed by atoms with van der Waals surface area (Å²) in [4.78, 5) is 0. The molecule has 0 unspecified atom stereocenters. The molecule has 0 saturated carbocycles. The highest BCUT2D eigenvalue weighted by Gasteiger charge is 2.23. The lowest BCUT2D eigenvalue weighted by Crippen LogP contribution is -2.16. The summed E-state index contributed by atoms with van der Waals surface area (Å²) in [6.45, 7) is 23.4. The summed E-state index contributed by atoms with van der Waals surface area (Å²) >= 11 is 1.89. The van der Waals surface area contributed by atoms with Crippen LogP contribution in [0.25, 0.3) is 64.0 Å². The molecule has 0 bridgehead atoms.